The number of nitrogens with two attached hydrogens (primary N) is 1. The molecule has 0 amide bonds. The van der Waals surface area contributed by atoms with E-state index in [1.165, 1.54) is 26.3 Å². The van der Waals surface area contributed by atoms with Gasteiger partial charge in [0.15, 0.2) is 0 Å². The molecule has 10 heavy (non-hydrogen) atoms. The molecule has 0 bridgehead atoms. The average molecular weight is 145 g/mol. The van der Waals surface area contributed by atoms with Crippen molar-refractivity contribution in [2.75, 3.05) is 7.05 Å². The zero-order valence-electron chi connectivity index (χ0n) is 8.20. The van der Waals surface area contributed by atoms with Crippen molar-refractivity contribution in [2.24, 2.45) is 11.1 Å². The van der Waals surface area contributed by atoms with Crippen molar-refractivity contribution < 1.29 is 0 Å². The molecule has 0 rings (SSSR count). The van der Waals surface area contributed by atoms with Crippen LogP contribution in [0.25, 0.3) is 0 Å². The van der Waals surface area contributed by atoms with Crippen molar-refractivity contribution in [1.29, 1.82) is 0 Å². The molecule has 64 valence electrons. The molecule has 0 aromatic carbocycles. The van der Waals surface area contributed by atoms with Gasteiger partial charge in [0.1, 0.15) is 0 Å². The minimum Gasteiger partial charge on any atom is -0.333 e. The average Bonchev–Trinajstić information content (AvgIpc) is 1.93. The van der Waals surface area contributed by atoms with Crippen LogP contribution in [-0.2, 0) is 0 Å². The van der Waals surface area contributed by atoms with Gasteiger partial charge in [-0.15, -0.1) is 0 Å². The molecule has 0 aliphatic rings. The monoisotopic (exact) mass is 145 g/mol. The van der Waals surface area contributed by atoms with E-state index in [0.29, 0.717) is 5.41 Å². The maximum absolute atomic E-state index is 4.50. The van der Waals surface area contributed by atoms with Crippen LogP contribution in [0.4, 0.5) is 0 Å². The van der Waals surface area contributed by atoms with Crippen LogP contribution in [0.1, 0.15) is 47.0 Å². The Morgan fingerprint density at radius 1 is 1.10 bits per heavy atom. The molecular formula is C9H23N. The Kier molecular flexibility index (Phi) is 8.92. The summed E-state index contributed by atoms with van der Waals surface area (Å²) < 4.78 is 0. The smallest absolute Gasteiger partial charge is 0.0195 e. The molecule has 0 radical (unpaired) electrons. The molecule has 0 fully saturated rings. The van der Waals surface area contributed by atoms with Crippen LogP contribution in [0, 0.1) is 5.41 Å². The topological polar surface area (TPSA) is 26.0 Å². The molecular weight excluding hydrogens is 122 g/mol. The van der Waals surface area contributed by atoms with Crippen LogP contribution >= 0.6 is 0 Å². The summed E-state index contributed by atoms with van der Waals surface area (Å²) >= 11 is 0. The van der Waals surface area contributed by atoms with Crippen molar-refractivity contribution in [1.82, 2.24) is 0 Å². The second kappa shape index (κ2) is 7.07. The second-order valence-electron chi connectivity index (χ2n) is 3.27. The summed E-state index contributed by atoms with van der Waals surface area (Å²) in [6, 6.07) is 0. The van der Waals surface area contributed by atoms with Crippen molar-refractivity contribution in [3.63, 3.8) is 0 Å². The van der Waals surface area contributed by atoms with Gasteiger partial charge in [-0.25, -0.2) is 0 Å². The third kappa shape index (κ3) is 7.96. The van der Waals surface area contributed by atoms with Crippen LogP contribution < -0.4 is 5.73 Å². The van der Waals surface area contributed by atoms with Gasteiger partial charge in [-0.3, -0.25) is 0 Å². The van der Waals surface area contributed by atoms with Gasteiger partial charge in [-0.05, 0) is 18.9 Å². The van der Waals surface area contributed by atoms with Gasteiger partial charge in [0.2, 0.25) is 0 Å². The minimum atomic E-state index is 0.592. The Hall–Kier alpha value is -0.0400. The van der Waals surface area contributed by atoms with E-state index in [9.17, 15) is 0 Å². The Balaban J connectivity index is 0. The second-order valence-corrected chi connectivity index (χ2v) is 3.27. The molecule has 0 aromatic rings. The molecule has 2 N–H and O–H groups in total. The maximum atomic E-state index is 4.50. The van der Waals surface area contributed by atoms with Gasteiger partial charge in [-0.1, -0.05) is 40.5 Å². The lowest BCUT2D eigenvalue weighted by molar-refractivity contribution is 0.319. The first-order valence-electron chi connectivity index (χ1n) is 4.20. The summed E-state index contributed by atoms with van der Waals surface area (Å²) in [7, 11) is 1.50. The molecule has 0 unspecified atom stereocenters. The molecule has 0 saturated heterocycles. The van der Waals surface area contributed by atoms with Crippen molar-refractivity contribution in [3.05, 3.63) is 0 Å². The summed E-state index contributed by atoms with van der Waals surface area (Å²) in [6.07, 6.45) is 3.99. The van der Waals surface area contributed by atoms with Crippen molar-refractivity contribution in [2.45, 2.75) is 47.0 Å². The Morgan fingerprint density at radius 3 is 1.60 bits per heavy atom. The van der Waals surface area contributed by atoms with E-state index in [2.05, 4.69) is 33.4 Å². The highest BCUT2D eigenvalue weighted by molar-refractivity contribution is 4.63. The van der Waals surface area contributed by atoms with E-state index in [1.54, 1.807) is 0 Å². The SMILES string of the molecule is CCCC(C)(C)CC.CN. The first-order valence-corrected chi connectivity index (χ1v) is 4.20. The first-order chi connectivity index (χ1) is 4.62. The minimum absolute atomic E-state index is 0.592. The van der Waals surface area contributed by atoms with E-state index < -0.39 is 0 Å². The van der Waals surface area contributed by atoms with Gasteiger partial charge in [-0.2, -0.15) is 0 Å². The number of hydrogen-bond donors (Lipinski definition) is 1. The molecule has 0 aromatic heterocycles. The third-order valence-corrected chi connectivity index (χ3v) is 1.88. The van der Waals surface area contributed by atoms with E-state index in [-0.39, 0.29) is 0 Å². The largest absolute Gasteiger partial charge is 0.333 e. The van der Waals surface area contributed by atoms with E-state index in [1.807, 2.05) is 0 Å². The summed E-state index contributed by atoms with van der Waals surface area (Å²) in [6.45, 7) is 9.17. The predicted octanol–water partition coefficient (Wildman–Crippen LogP) is 2.80. The van der Waals surface area contributed by atoms with Gasteiger partial charge < -0.3 is 5.73 Å². The van der Waals surface area contributed by atoms with Crippen LogP contribution in [0.3, 0.4) is 0 Å². The van der Waals surface area contributed by atoms with Gasteiger partial charge in [0.05, 0.1) is 0 Å². The molecule has 0 aliphatic heterocycles. The van der Waals surface area contributed by atoms with Gasteiger partial charge in [0.25, 0.3) is 0 Å². The van der Waals surface area contributed by atoms with Crippen molar-refractivity contribution >= 4 is 0 Å². The molecule has 0 saturated carbocycles. The Morgan fingerprint density at radius 2 is 1.50 bits per heavy atom. The highest BCUT2D eigenvalue weighted by Gasteiger charge is 2.11. The maximum Gasteiger partial charge on any atom is -0.0195 e. The zero-order valence-corrected chi connectivity index (χ0v) is 8.20. The number of hydrogen-bond acceptors (Lipinski definition) is 1. The van der Waals surface area contributed by atoms with Crippen LogP contribution in [0.5, 0.6) is 0 Å². The Labute approximate surface area is 66.0 Å². The standard InChI is InChI=1S/C8H18.CH5N/c1-5-7-8(3,4)6-2;1-2/h5-7H2,1-4H3;2H2,1H3. The lowest BCUT2D eigenvalue weighted by atomic mass is 9.86. The molecule has 1 nitrogen and oxygen atoms in total. The fourth-order valence-corrected chi connectivity index (χ4v) is 0.854. The highest BCUT2D eigenvalue weighted by atomic mass is 14.4. The summed E-state index contributed by atoms with van der Waals surface area (Å²) in [5, 5.41) is 0. The van der Waals surface area contributed by atoms with Gasteiger partial charge in [0, 0.05) is 0 Å². The predicted molar refractivity (Wildman–Crippen MR) is 49.1 cm³/mol. The molecule has 0 atom stereocenters. The van der Waals surface area contributed by atoms with Crippen LogP contribution in [0.15, 0.2) is 0 Å². The van der Waals surface area contributed by atoms with Crippen LogP contribution in [0.2, 0.25) is 0 Å². The summed E-state index contributed by atoms with van der Waals surface area (Å²) in [5.74, 6) is 0. The fourth-order valence-electron chi connectivity index (χ4n) is 0.854. The zero-order chi connectivity index (χ0) is 8.62. The summed E-state index contributed by atoms with van der Waals surface area (Å²) in [4.78, 5) is 0. The highest BCUT2D eigenvalue weighted by Crippen LogP contribution is 2.25. The van der Waals surface area contributed by atoms with Crippen LogP contribution in [-0.4, -0.2) is 7.05 Å². The van der Waals surface area contributed by atoms with E-state index >= 15 is 0 Å². The quantitative estimate of drug-likeness (QED) is 0.649. The molecule has 0 heterocycles. The Bertz CT molecular complexity index is 57.7. The van der Waals surface area contributed by atoms with E-state index in [4.69, 9.17) is 0 Å². The first kappa shape index (κ1) is 12.6. The molecule has 0 aliphatic carbocycles. The number of rotatable bonds is 3. The fraction of sp³-hybridized carbons (Fsp3) is 1.00. The molecule has 1 heteroatoms. The lowest BCUT2D eigenvalue weighted by Crippen LogP contribution is -2.07. The third-order valence-electron chi connectivity index (χ3n) is 1.88. The van der Waals surface area contributed by atoms with Gasteiger partial charge >= 0.3 is 0 Å². The van der Waals surface area contributed by atoms with Crippen molar-refractivity contribution in [3.8, 4) is 0 Å². The summed E-state index contributed by atoms with van der Waals surface area (Å²) in [5.41, 5.74) is 5.09. The van der Waals surface area contributed by atoms with E-state index in [0.717, 1.165) is 0 Å². The lowest BCUT2D eigenvalue weighted by Gasteiger charge is -2.20. The normalized spacial score (nSPS) is 10.2. The molecule has 0 spiro atoms.